The van der Waals surface area contributed by atoms with Crippen LogP contribution in [-0.2, 0) is 0 Å². The van der Waals surface area contributed by atoms with Crippen LogP contribution in [0, 0.1) is 0 Å². The average molecular weight is 270 g/mol. The van der Waals surface area contributed by atoms with E-state index in [4.69, 9.17) is 0 Å². The normalized spacial score (nSPS) is 22.6. The number of carbonyl (C=O) groups is 1. The molecule has 1 aromatic heterocycles. The number of hydrogen-bond acceptors (Lipinski definition) is 3. The zero-order valence-corrected chi connectivity index (χ0v) is 11.2. The summed E-state index contributed by atoms with van der Waals surface area (Å²) in [6.07, 6.45) is 5.03. The molecule has 2 N–H and O–H groups in total. The molecule has 1 heterocycles. The van der Waals surface area contributed by atoms with Gasteiger partial charge in [-0.25, -0.2) is 0 Å². The second-order valence-electron chi connectivity index (χ2n) is 5.34. The summed E-state index contributed by atoms with van der Waals surface area (Å²) >= 11 is 0. The molecule has 2 aromatic rings. The molecule has 104 valence electrons. The zero-order valence-electron chi connectivity index (χ0n) is 11.2. The van der Waals surface area contributed by atoms with Crippen LogP contribution >= 0.6 is 0 Å². The number of hydrogen-bond donors (Lipinski definition) is 2. The topological polar surface area (TPSA) is 62.2 Å². The van der Waals surface area contributed by atoms with Gasteiger partial charge in [-0.1, -0.05) is 18.9 Å². The third kappa shape index (κ3) is 2.65. The fourth-order valence-electron chi connectivity index (χ4n) is 2.75. The van der Waals surface area contributed by atoms with Crippen LogP contribution in [0.2, 0.25) is 0 Å². The van der Waals surface area contributed by atoms with Crippen LogP contribution in [-0.4, -0.2) is 28.1 Å². The summed E-state index contributed by atoms with van der Waals surface area (Å²) in [6, 6.07) is 9.14. The summed E-state index contributed by atoms with van der Waals surface area (Å²) in [6.45, 7) is 0. The molecule has 1 aromatic carbocycles. The first-order valence-electron chi connectivity index (χ1n) is 7.08. The Morgan fingerprint density at radius 3 is 2.95 bits per heavy atom. The number of nitrogens with zero attached hydrogens (tertiary/aromatic N) is 1. The number of nitrogens with one attached hydrogen (secondary N) is 1. The van der Waals surface area contributed by atoms with Gasteiger partial charge in [-0.15, -0.1) is 0 Å². The first-order valence-corrected chi connectivity index (χ1v) is 7.08. The number of rotatable bonds is 2. The standard InChI is InChI=1S/C16H18N2O2/c19-15-6-2-1-5-14(15)18-16(20)12-7-8-13-11(10-12)4-3-9-17-13/h3-4,7-10,14-15,19H,1-2,5-6H2,(H,18,20). The molecule has 4 nitrogen and oxygen atoms in total. The van der Waals surface area contributed by atoms with Crippen LogP contribution in [0.4, 0.5) is 0 Å². The minimum atomic E-state index is -0.421. The molecule has 0 radical (unpaired) electrons. The molecule has 20 heavy (non-hydrogen) atoms. The van der Waals surface area contributed by atoms with Crippen molar-refractivity contribution in [3.63, 3.8) is 0 Å². The molecule has 2 unspecified atom stereocenters. The molecule has 3 rings (SSSR count). The maximum absolute atomic E-state index is 12.3. The van der Waals surface area contributed by atoms with Crippen LogP contribution in [0.3, 0.4) is 0 Å². The van der Waals surface area contributed by atoms with E-state index in [1.54, 1.807) is 12.3 Å². The summed E-state index contributed by atoms with van der Waals surface area (Å²) in [5, 5.41) is 13.8. The largest absolute Gasteiger partial charge is 0.391 e. The number of aromatic nitrogens is 1. The van der Waals surface area contributed by atoms with E-state index in [9.17, 15) is 9.90 Å². The highest BCUT2D eigenvalue weighted by Crippen LogP contribution is 2.19. The Morgan fingerprint density at radius 1 is 1.25 bits per heavy atom. The van der Waals surface area contributed by atoms with Crippen molar-refractivity contribution in [2.24, 2.45) is 0 Å². The summed E-state index contributed by atoms with van der Waals surface area (Å²) in [5.74, 6) is -0.123. The lowest BCUT2D eigenvalue weighted by atomic mass is 9.92. The molecule has 0 aliphatic heterocycles. The molecule has 1 saturated carbocycles. The minimum absolute atomic E-state index is 0.123. The molecule has 1 aliphatic carbocycles. The number of amides is 1. The van der Waals surface area contributed by atoms with E-state index in [0.717, 1.165) is 36.6 Å². The van der Waals surface area contributed by atoms with Crippen molar-refractivity contribution in [2.45, 2.75) is 37.8 Å². The number of aliphatic hydroxyl groups is 1. The molecule has 4 heteroatoms. The van der Waals surface area contributed by atoms with Crippen molar-refractivity contribution in [3.05, 3.63) is 42.1 Å². The summed E-state index contributed by atoms with van der Waals surface area (Å²) < 4.78 is 0. The van der Waals surface area contributed by atoms with Crippen LogP contribution in [0.15, 0.2) is 36.5 Å². The smallest absolute Gasteiger partial charge is 0.251 e. The van der Waals surface area contributed by atoms with Gasteiger partial charge in [-0.2, -0.15) is 0 Å². The molecule has 1 fully saturated rings. The number of fused-ring (bicyclic) bond motifs is 1. The lowest BCUT2D eigenvalue weighted by Gasteiger charge is -2.28. The summed E-state index contributed by atoms with van der Waals surface area (Å²) in [4.78, 5) is 16.5. The van der Waals surface area contributed by atoms with Gasteiger partial charge in [0.25, 0.3) is 5.91 Å². The lowest BCUT2D eigenvalue weighted by molar-refractivity contribution is 0.0717. The summed E-state index contributed by atoms with van der Waals surface area (Å²) in [7, 11) is 0. The SMILES string of the molecule is O=C(NC1CCCCC1O)c1ccc2ncccc2c1. The van der Waals surface area contributed by atoms with Gasteiger partial charge in [-0.05, 0) is 37.1 Å². The van der Waals surface area contributed by atoms with E-state index in [1.165, 1.54) is 0 Å². The Hall–Kier alpha value is -1.94. The Balaban J connectivity index is 1.78. The molecular weight excluding hydrogens is 252 g/mol. The maximum atomic E-state index is 12.3. The van der Waals surface area contributed by atoms with E-state index in [0.29, 0.717) is 5.56 Å². The van der Waals surface area contributed by atoms with E-state index < -0.39 is 6.10 Å². The molecule has 0 spiro atoms. The van der Waals surface area contributed by atoms with Crippen molar-refractivity contribution in [1.82, 2.24) is 10.3 Å². The number of carbonyl (C=O) groups excluding carboxylic acids is 1. The molecule has 0 bridgehead atoms. The van der Waals surface area contributed by atoms with Crippen molar-refractivity contribution < 1.29 is 9.90 Å². The second kappa shape index (κ2) is 5.59. The van der Waals surface area contributed by atoms with Crippen LogP contribution in [0.25, 0.3) is 10.9 Å². The lowest BCUT2D eigenvalue weighted by Crippen LogP contribution is -2.45. The van der Waals surface area contributed by atoms with Gasteiger partial charge in [0.2, 0.25) is 0 Å². The predicted molar refractivity (Wildman–Crippen MR) is 77.5 cm³/mol. The fraction of sp³-hybridized carbons (Fsp3) is 0.375. The Bertz CT molecular complexity index is 627. The van der Waals surface area contributed by atoms with E-state index in [1.807, 2.05) is 24.3 Å². The third-order valence-corrected chi connectivity index (χ3v) is 3.91. The highest BCUT2D eigenvalue weighted by atomic mass is 16.3. The third-order valence-electron chi connectivity index (χ3n) is 3.91. The van der Waals surface area contributed by atoms with Gasteiger partial charge in [0.05, 0.1) is 17.7 Å². The maximum Gasteiger partial charge on any atom is 0.251 e. The number of aliphatic hydroxyl groups excluding tert-OH is 1. The first-order chi connectivity index (χ1) is 9.74. The monoisotopic (exact) mass is 270 g/mol. The second-order valence-corrected chi connectivity index (χ2v) is 5.34. The van der Waals surface area contributed by atoms with Gasteiger partial charge in [0.15, 0.2) is 0 Å². The first kappa shape index (κ1) is 13.1. The molecular formula is C16H18N2O2. The predicted octanol–water partition coefficient (Wildman–Crippen LogP) is 2.27. The number of pyridine rings is 1. The van der Waals surface area contributed by atoms with Crippen molar-refractivity contribution in [3.8, 4) is 0 Å². The fourth-order valence-corrected chi connectivity index (χ4v) is 2.75. The number of benzene rings is 1. The zero-order chi connectivity index (χ0) is 13.9. The van der Waals surface area contributed by atoms with Gasteiger partial charge in [0.1, 0.15) is 0 Å². The highest BCUT2D eigenvalue weighted by molar-refractivity contribution is 5.98. The van der Waals surface area contributed by atoms with E-state index >= 15 is 0 Å². The summed E-state index contributed by atoms with van der Waals surface area (Å²) in [5.41, 5.74) is 1.49. The van der Waals surface area contributed by atoms with Crippen molar-refractivity contribution in [2.75, 3.05) is 0 Å². The van der Waals surface area contributed by atoms with E-state index in [2.05, 4.69) is 10.3 Å². The minimum Gasteiger partial charge on any atom is -0.391 e. The Labute approximate surface area is 117 Å². The highest BCUT2D eigenvalue weighted by Gasteiger charge is 2.24. The van der Waals surface area contributed by atoms with Crippen molar-refractivity contribution >= 4 is 16.8 Å². The molecule has 0 saturated heterocycles. The molecule has 1 amide bonds. The van der Waals surface area contributed by atoms with Crippen LogP contribution < -0.4 is 5.32 Å². The Kier molecular flexibility index (Phi) is 3.65. The average Bonchev–Trinajstić information content (AvgIpc) is 2.49. The van der Waals surface area contributed by atoms with E-state index in [-0.39, 0.29) is 11.9 Å². The van der Waals surface area contributed by atoms with Crippen LogP contribution in [0.5, 0.6) is 0 Å². The quantitative estimate of drug-likeness (QED) is 0.880. The van der Waals surface area contributed by atoms with Gasteiger partial charge in [-0.3, -0.25) is 9.78 Å². The molecule has 2 atom stereocenters. The van der Waals surface area contributed by atoms with Gasteiger partial charge < -0.3 is 10.4 Å². The molecule has 1 aliphatic rings. The van der Waals surface area contributed by atoms with Gasteiger partial charge >= 0.3 is 0 Å². The van der Waals surface area contributed by atoms with Gasteiger partial charge in [0, 0.05) is 17.1 Å². The van der Waals surface area contributed by atoms with Crippen LogP contribution in [0.1, 0.15) is 36.0 Å². The van der Waals surface area contributed by atoms with Crippen molar-refractivity contribution in [1.29, 1.82) is 0 Å². The Morgan fingerprint density at radius 2 is 2.10 bits per heavy atom.